The van der Waals surface area contributed by atoms with Gasteiger partial charge in [-0.2, -0.15) is 10.2 Å². The Morgan fingerprint density at radius 3 is 2.43 bits per heavy atom. The summed E-state index contributed by atoms with van der Waals surface area (Å²) in [6.45, 7) is 2.93. The molecule has 2 aromatic heterocycles. The smallest absolute Gasteiger partial charge is 0.222 e. The van der Waals surface area contributed by atoms with Gasteiger partial charge in [0.15, 0.2) is 0 Å². The summed E-state index contributed by atoms with van der Waals surface area (Å²) in [5, 5.41) is 12.1. The molecule has 1 amide bonds. The third-order valence-corrected chi connectivity index (χ3v) is 5.71. The fraction of sp³-hybridized carbons (Fsp3) is 0.174. The number of halogens is 1. The lowest BCUT2D eigenvalue weighted by Gasteiger charge is -2.07. The zero-order valence-corrected chi connectivity index (χ0v) is 18.2. The number of carbonyl (C=O) groups is 1. The molecule has 0 atom stereocenters. The highest BCUT2D eigenvalue weighted by molar-refractivity contribution is 9.10. The highest BCUT2D eigenvalue weighted by Crippen LogP contribution is 2.23. The lowest BCUT2D eigenvalue weighted by Crippen LogP contribution is -2.24. The minimum Gasteiger partial charge on any atom is -0.352 e. The number of para-hydroxylation sites is 1. The van der Waals surface area contributed by atoms with Crippen LogP contribution in [0.2, 0.25) is 0 Å². The zero-order valence-electron chi connectivity index (χ0n) is 16.6. The number of benzene rings is 2. The van der Waals surface area contributed by atoms with E-state index in [0.29, 0.717) is 19.5 Å². The van der Waals surface area contributed by atoms with E-state index in [1.54, 1.807) is 6.20 Å². The number of nitrogens with one attached hydrogen (secondary N) is 1. The lowest BCUT2D eigenvalue weighted by atomic mass is 10.1. The minimum absolute atomic E-state index is 0.0208. The molecular weight excluding hydrogens is 442 g/mol. The van der Waals surface area contributed by atoms with Crippen molar-refractivity contribution in [3.8, 4) is 16.9 Å². The summed E-state index contributed by atoms with van der Waals surface area (Å²) in [5.74, 6) is -0.0208. The predicted octanol–water partition coefficient (Wildman–Crippen LogP) is 4.51. The first-order chi connectivity index (χ1) is 14.6. The molecule has 0 saturated carbocycles. The lowest BCUT2D eigenvalue weighted by molar-refractivity contribution is -0.121. The van der Waals surface area contributed by atoms with E-state index in [4.69, 9.17) is 5.10 Å². The summed E-state index contributed by atoms with van der Waals surface area (Å²) < 4.78 is 4.63. The number of hydrogen-bond donors (Lipinski definition) is 1. The highest BCUT2D eigenvalue weighted by Gasteiger charge is 2.13. The molecule has 0 unspecified atom stereocenters. The van der Waals surface area contributed by atoms with E-state index in [1.165, 1.54) is 0 Å². The van der Waals surface area contributed by atoms with Crippen LogP contribution in [0.15, 0.2) is 77.5 Å². The molecule has 1 N–H and O–H groups in total. The van der Waals surface area contributed by atoms with Crippen LogP contribution < -0.4 is 5.32 Å². The Morgan fingerprint density at radius 2 is 1.77 bits per heavy atom. The molecule has 2 aromatic carbocycles. The van der Waals surface area contributed by atoms with Crippen LogP contribution in [0.4, 0.5) is 0 Å². The van der Waals surface area contributed by atoms with E-state index >= 15 is 0 Å². The quantitative estimate of drug-likeness (QED) is 0.438. The highest BCUT2D eigenvalue weighted by atomic mass is 79.9. The van der Waals surface area contributed by atoms with E-state index in [9.17, 15) is 4.79 Å². The molecule has 7 heteroatoms. The molecule has 0 aliphatic rings. The molecule has 0 radical (unpaired) electrons. The molecule has 4 rings (SSSR count). The standard InChI is InChI=1S/C23H22BrN5O/c1-17-21(24)15-26-28(17)13-12-22(30)25-14-19-16-29(20-10-6-3-7-11-20)27-23(19)18-8-4-2-5-9-18/h2-11,15-16H,12-14H2,1H3,(H,25,30). The summed E-state index contributed by atoms with van der Waals surface area (Å²) >= 11 is 3.44. The van der Waals surface area contributed by atoms with Crippen molar-refractivity contribution in [1.29, 1.82) is 0 Å². The van der Waals surface area contributed by atoms with Crippen LogP contribution >= 0.6 is 15.9 Å². The number of rotatable bonds is 7. The molecule has 152 valence electrons. The maximum Gasteiger partial charge on any atom is 0.222 e. The number of aromatic nitrogens is 4. The van der Waals surface area contributed by atoms with Crippen LogP contribution in [0, 0.1) is 6.92 Å². The molecule has 0 aliphatic carbocycles. The molecule has 30 heavy (non-hydrogen) atoms. The Kier molecular flexibility index (Phi) is 6.09. The normalized spacial score (nSPS) is 10.9. The third-order valence-electron chi connectivity index (χ3n) is 4.93. The van der Waals surface area contributed by atoms with Crippen molar-refractivity contribution in [2.75, 3.05) is 0 Å². The Bertz CT molecular complexity index is 1140. The van der Waals surface area contributed by atoms with Gasteiger partial charge in [-0.25, -0.2) is 4.68 Å². The topological polar surface area (TPSA) is 64.7 Å². The largest absolute Gasteiger partial charge is 0.352 e. The summed E-state index contributed by atoms with van der Waals surface area (Å²) in [5.41, 5.74) is 4.85. The van der Waals surface area contributed by atoms with Gasteiger partial charge in [0, 0.05) is 42.5 Å². The van der Waals surface area contributed by atoms with E-state index in [2.05, 4.69) is 26.3 Å². The Labute approximate surface area is 183 Å². The monoisotopic (exact) mass is 463 g/mol. The van der Waals surface area contributed by atoms with Gasteiger partial charge in [0.05, 0.1) is 22.1 Å². The van der Waals surface area contributed by atoms with E-state index in [-0.39, 0.29) is 5.91 Å². The summed E-state index contributed by atoms with van der Waals surface area (Å²) in [4.78, 5) is 12.4. The molecule has 0 saturated heterocycles. The van der Waals surface area contributed by atoms with E-state index < -0.39 is 0 Å². The number of carbonyl (C=O) groups excluding carboxylic acids is 1. The average molecular weight is 464 g/mol. The maximum absolute atomic E-state index is 12.4. The second-order valence-corrected chi connectivity index (χ2v) is 7.83. The van der Waals surface area contributed by atoms with Gasteiger partial charge >= 0.3 is 0 Å². The third kappa shape index (κ3) is 4.52. The zero-order chi connectivity index (χ0) is 20.9. The summed E-state index contributed by atoms with van der Waals surface area (Å²) in [7, 11) is 0. The Morgan fingerprint density at radius 1 is 1.07 bits per heavy atom. The predicted molar refractivity (Wildman–Crippen MR) is 120 cm³/mol. The van der Waals surface area contributed by atoms with Gasteiger partial charge in [0.1, 0.15) is 0 Å². The van der Waals surface area contributed by atoms with Gasteiger partial charge < -0.3 is 5.32 Å². The van der Waals surface area contributed by atoms with Crippen LogP contribution in [0.5, 0.6) is 0 Å². The summed E-state index contributed by atoms with van der Waals surface area (Å²) in [6, 6.07) is 20.0. The van der Waals surface area contributed by atoms with E-state index in [1.807, 2.05) is 83.1 Å². The van der Waals surface area contributed by atoms with Gasteiger partial charge in [0.25, 0.3) is 0 Å². The maximum atomic E-state index is 12.4. The van der Waals surface area contributed by atoms with Gasteiger partial charge in [-0.05, 0) is 35.0 Å². The first kappa shape index (κ1) is 20.1. The SMILES string of the molecule is Cc1c(Br)cnn1CCC(=O)NCc1cn(-c2ccccc2)nc1-c1ccccc1. The fourth-order valence-electron chi connectivity index (χ4n) is 3.23. The van der Waals surface area contributed by atoms with Crippen molar-refractivity contribution in [2.45, 2.75) is 26.4 Å². The number of hydrogen-bond acceptors (Lipinski definition) is 3. The first-order valence-electron chi connectivity index (χ1n) is 9.76. The Hall–Kier alpha value is -3.19. The minimum atomic E-state index is -0.0208. The average Bonchev–Trinajstić information content (AvgIpc) is 3.36. The van der Waals surface area contributed by atoms with E-state index in [0.717, 1.165) is 32.7 Å². The van der Waals surface area contributed by atoms with Crippen molar-refractivity contribution < 1.29 is 4.79 Å². The van der Waals surface area contributed by atoms with Gasteiger partial charge in [-0.15, -0.1) is 0 Å². The molecule has 0 spiro atoms. The Balaban J connectivity index is 1.49. The van der Waals surface area contributed by atoms with Crippen molar-refractivity contribution in [3.05, 3.63) is 88.8 Å². The molecule has 0 fully saturated rings. The van der Waals surface area contributed by atoms with Crippen molar-refractivity contribution in [1.82, 2.24) is 24.9 Å². The molecule has 4 aromatic rings. The molecule has 6 nitrogen and oxygen atoms in total. The van der Waals surface area contributed by atoms with Crippen LogP contribution in [-0.2, 0) is 17.9 Å². The molecule has 0 bridgehead atoms. The number of amides is 1. The van der Waals surface area contributed by atoms with Gasteiger partial charge in [0.2, 0.25) is 5.91 Å². The van der Waals surface area contributed by atoms with Crippen molar-refractivity contribution >= 4 is 21.8 Å². The van der Waals surface area contributed by atoms with Crippen LogP contribution in [-0.4, -0.2) is 25.5 Å². The van der Waals surface area contributed by atoms with Crippen LogP contribution in [0.3, 0.4) is 0 Å². The second kappa shape index (κ2) is 9.09. The van der Waals surface area contributed by atoms with Crippen LogP contribution in [0.25, 0.3) is 16.9 Å². The van der Waals surface area contributed by atoms with Crippen LogP contribution in [0.1, 0.15) is 17.7 Å². The van der Waals surface area contributed by atoms with Gasteiger partial charge in [-0.3, -0.25) is 9.48 Å². The summed E-state index contributed by atoms with van der Waals surface area (Å²) in [6.07, 6.45) is 4.09. The number of nitrogens with zero attached hydrogens (tertiary/aromatic N) is 4. The fourth-order valence-corrected chi connectivity index (χ4v) is 3.53. The van der Waals surface area contributed by atoms with Crippen molar-refractivity contribution in [3.63, 3.8) is 0 Å². The van der Waals surface area contributed by atoms with Gasteiger partial charge in [-0.1, -0.05) is 48.5 Å². The molecule has 0 aliphatic heterocycles. The molecular formula is C23H22BrN5O. The van der Waals surface area contributed by atoms with Crippen molar-refractivity contribution in [2.24, 2.45) is 0 Å². The first-order valence-corrected chi connectivity index (χ1v) is 10.5. The molecule has 2 heterocycles. The second-order valence-electron chi connectivity index (χ2n) is 6.98. The number of aryl methyl sites for hydroxylation is 1.